The van der Waals surface area contributed by atoms with Crippen molar-refractivity contribution in [2.45, 2.75) is 13.8 Å². The summed E-state index contributed by atoms with van der Waals surface area (Å²) >= 11 is 0. The number of rotatable bonds is 4. The van der Waals surface area contributed by atoms with Gasteiger partial charge in [-0.3, -0.25) is 20.0 Å². The standard InChI is InChI=1S/C13H14N4O4/c1-13(2)7(8(13)11(19)20)10(18)15-12-14-9(16-17-12)6-4-3-5-21-6/h3-5,7-8H,1-2H3,(H,19,20)(H2,14,15,16,17,18). The summed E-state index contributed by atoms with van der Waals surface area (Å²) in [6.45, 7) is 3.50. The fourth-order valence-corrected chi connectivity index (χ4v) is 2.62. The number of nitrogens with one attached hydrogen (secondary N) is 2. The van der Waals surface area contributed by atoms with Crippen LogP contribution >= 0.6 is 0 Å². The molecule has 2 aromatic heterocycles. The number of hydrogen-bond donors (Lipinski definition) is 3. The molecule has 1 fully saturated rings. The molecule has 0 radical (unpaired) electrons. The fraction of sp³-hybridized carbons (Fsp3) is 0.385. The van der Waals surface area contributed by atoms with Crippen LogP contribution in [-0.4, -0.2) is 32.2 Å². The zero-order chi connectivity index (χ0) is 15.2. The van der Waals surface area contributed by atoms with Crippen LogP contribution in [0.4, 0.5) is 5.95 Å². The van der Waals surface area contributed by atoms with E-state index in [4.69, 9.17) is 9.52 Å². The van der Waals surface area contributed by atoms with Crippen molar-refractivity contribution in [3.8, 4) is 11.6 Å². The highest BCUT2D eigenvalue weighted by molar-refractivity contribution is 5.98. The van der Waals surface area contributed by atoms with Gasteiger partial charge >= 0.3 is 5.97 Å². The Balaban J connectivity index is 1.71. The molecule has 8 heteroatoms. The molecular weight excluding hydrogens is 276 g/mol. The van der Waals surface area contributed by atoms with E-state index in [0.29, 0.717) is 11.6 Å². The largest absolute Gasteiger partial charge is 0.481 e. The van der Waals surface area contributed by atoms with E-state index in [1.165, 1.54) is 6.26 Å². The van der Waals surface area contributed by atoms with Gasteiger partial charge in [-0.05, 0) is 17.5 Å². The molecular formula is C13H14N4O4. The minimum absolute atomic E-state index is 0.0956. The molecule has 0 saturated heterocycles. The van der Waals surface area contributed by atoms with Crippen molar-refractivity contribution in [3.05, 3.63) is 18.4 Å². The van der Waals surface area contributed by atoms with Crippen molar-refractivity contribution in [3.63, 3.8) is 0 Å². The van der Waals surface area contributed by atoms with E-state index in [1.54, 1.807) is 26.0 Å². The predicted molar refractivity (Wildman–Crippen MR) is 71.1 cm³/mol. The Hall–Kier alpha value is -2.64. The second-order valence-electron chi connectivity index (χ2n) is 5.59. The summed E-state index contributed by atoms with van der Waals surface area (Å²) in [5.41, 5.74) is -0.559. The molecule has 110 valence electrons. The maximum absolute atomic E-state index is 12.1. The maximum atomic E-state index is 12.1. The molecule has 1 amide bonds. The highest BCUT2D eigenvalue weighted by Gasteiger charge is 2.66. The average molecular weight is 290 g/mol. The van der Waals surface area contributed by atoms with E-state index < -0.39 is 29.1 Å². The number of amides is 1. The van der Waals surface area contributed by atoms with Gasteiger partial charge in [0.25, 0.3) is 0 Å². The summed E-state index contributed by atoms with van der Waals surface area (Å²) in [5.74, 6) is -1.64. The van der Waals surface area contributed by atoms with Crippen LogP contribution in [-0.2, 0) is 9.59 Å². The molecule has 0 bridgehead atoms. The van der Waals surface area contributed by atoms with Crippen LogP contribution in [0, 0.1) is 17.3 Å². The second-order valence-corrected chi connectivity index (χ2v) is 5.59. The van der Waals surface area contributed by atoms with Gasteiger partial charge in [0.05, 0.1) is 18.1 Å². The minimum Gasteiger partial charge on any atom is -0.481 e. The lowest BCUT2D eigenvalue weighted by molar-refractivity contribution is -0.140. The molecule has 1 aliphatic carbocycles. The zero-order valence-corrected chi connectivity index (χ0v) is 11.5. The number of furan rings is 1. The number of carbonyl (C=O) groups is 2. The molecule has 2 atom stereocenters. The lowest BCUT2D eigenvalue weighted by Gasteiger charge is -2.01. The molecule has 0 aliphatic heterocycles. The second kappa shape index (κ2) is 4.44. The number of carboxylic acids is 1. The van der Waals surface area contributed by atoms with E-state index >= 15 is 0 Å². The molecule has 0 aromatic carbocycles. The van der Waals surface area contributed by atoms with Gasteiger partial charge in [-0.25, -0.2) is 0 Å². The van der Waals surface area contributed by atoms with Crippen LogP contribution in [0.1, 0.15) is 13.8 Å². The highest BCUT2D eigenvalue weighted by Crippen LogP contribution is 2.58. The molecule has 3 rings (SSSR count). The smallest absolute Gasteiger partial charge is 0.307 e. The molecule has 2 aromatic rings. The van der Waals surface area contributed by atoms with Crippen LogP contribution < -0.4 is 5.32 Å². The molecule has 2 unspecified atom stereocenters. The molecule has 1 aliphatic rings. The first kappa shape index (κ1) is 13.3. The maximum Gasteiger partial charge on any atom is 0.307 e. The van der Waals surface area contributed by atoms with Crippen LogP contribution in [0.5, 0.6) is 0 Å². The van der Waals surface area contributed by atoms with Crippen molar-refractivity contribution in [2.75, 3.05) is 5.32 Å². The number of nitrogens with zero attached hydrogens (tertiary/aromatic N) is 2. The summed E-state index contributed by atoms with van der Waals surface area (Å²) in [5, 5.41) is 18.1. The van der Waals surface area contributed by atoms with Gasteiger partial charge < -0.3 is 9.52 Å². The topological polar surface area (TPSA) is 121 Å². The number of aromatic amines is 1. The number of aromatic nitrogens is 3. The molecule has 1 saturated carbocycles. The summed E-state index contributed by atoms with van der Waals surface area (Å²) in [4.78, 5) is 27.3. The van der Waals surface area contributed by atoms with Crippen LogP contribution in [0.15, 0.2) is 22.8 Å². The normalized spacial score (nSPS) is 22.8. The van der Waals surface area contributed by atoms with E-state index in [2.05, 4.69) is 20.5 Å². The Labute approximate surface area is 119 Å². The summed E-state index contributed by atoms with van der Waals surface area (Å²) < 4.78 is 5.16. The number of anilines is 1. The fourth-order valence-electron chi connectivity index (χ4n) is 2.62. The number of hydrogen-bond acceptors (Lipinski definition) is 5. The third-order valence-corrected chi connectivity index (χ3v) is 3.85. The van der Waals surface area contributed by atoms with Crippen molar-refractivity contribution in [2.24, 2.45) is 17.3 Å². The Morgan fingerprint density at radius 2 is 2.19 bits per heavy atom. The van der Waals surface area contributed by atoms with Crippen molar-refractivity contribution >= 4 is 17.8 Å². The van der Waals surface area contributed by atoms with Gasteiger partial charge in [-0.1, -0.05) is 13.8 Å². The van der Waals surface area contributed by atoms with E-state index in [9.17, 15) is 9.59 Å². The van der Waals surface area contributed by atoms with Gasteiger partial charge in [0.1, 0.15) is 0 Å². The minimum atomic E-state index is -0.966. The molecule has 2 heterocycles. The number of aliphatic carboxylic acids is 1. The van der Waals surface area contributed by atoms with Crippen LogP contribution in [0.3, 0.4) is 0 Å². The first-order chi connectivity index (χ1) is 9.91. The Kier molecular flexibility index (Phi) is 2.82. The van der Waals surface area contributed by atoms with Gasteiger partial charge in [-0.15, -0.1) is 5.10 Å². The van der Waals surface area contributed by atoms with Gasteiger partial charge in [0.2, 0.25) is 11.9 Å². The first-order valence-electron chi connectivity index (χ1n) is 6.41. The molecule has 3 N–H and O–H groups in total. The van der Waals surface area contributed by atoms with Crippen LogP contribution in [0.2, 0.25) is 0 Å². The van der Waals surface area contributed by atoms with Crippen molar-refractivity contribution < 1.29 is 19.1 Å². The summed E-state index contributed by atoms with van der Waals surface area (Å²) in [6.07, 6.45) is 1.50. The quantitative estimate of drug-likeness (QED) is 0.781. The summed E-state index contributed by atoms with van der Waals surface area (Å²) in [7, 11) is 0. The summed E-state index contributed by atoms with van der Waals surface area (Å²) in [6, 6.07) is 3.41. The van der Waals surface area contributed by atoms with E-state index in [1.807, 2.05) is 0 Å². The number of H-pyrrole nitrogens is 1. The van der Waals surface area contributed by atoms with Gasteiger partial charge in [-0.2, -0.15) is 4.98 Å². The van der Waals surface area contributed by atoms with Gasteiger partial charge in [0, 0.05) is 0 Å². The monoisotopic (exact) mass is 290 g/mol. The third-order valence-electron chi connectivity index (χ3n) is 3.85. The average Bonchev–Trinajstić information content (AvgIpc) is 2.85. The van der Waals surface area contributed by atoms with Crippen molar-refractivity contribution in [1.82, 2.24) is 15.2 Å². The lowest BCUT2D eigenvalue weighted by Crippen LogP contribution is -2.18. The highest BCUT2D eigenvalue weighted by atomic mass is 16.4. The molecule has 8 nitrogen and oxygen atoms in total. The number of carbonyl (C=O) groups excluding carboxylic acids is 1. The van der Waals surface area contributed by atoms with Crippen LogP contribution in [0.25, 0.3) is 11.6 Å². The lowest BCUT2D eigenvalue weighted by atomic mass is 10.1. The zero-order valence-electron chi connectivity index (χ0n) is 11.5. The van der Waals surface area contributed by atoms with Gasteiger partial charge in [0.15, 0.2) is 11.6 Å². The molecule has 0 spiro atoms. The first-order valence-corrected chi connectivity index (χ1v) is 6.41. The van der Waals surface area contributed by atoms with Crippen molar-refractivity contribution in [1.29, 1.82) is 0 Å². The Bertz CT molecular complexity index is 689. The van der Waals surface area contributed by atoms with E-state index in [-0.39, 0.29) is 5.95 Å². The predicted octanol–water partition coefficient (Wildman–Crippen LogP) is 1.36. The Morgan fingerprint density at radius 1 is 1.43 bits per heavy atom. The molecule has 21 heavy (non-hydrogen) atoms. The SMILES string of the molecule is CC1(C)C(C(=O)O)C1C(=O)Nc1n[nH]c(-c2ccco2)n1. The van der Waals surface area contributed by atoms with E-state index in [0.717, 1.165) is 0 Å². The third kappa shape index (κ3) is 2.18. The number of carboxylic acid groups (broad SMARTS) is 1. The Morgan fingerprint density at radius 3 is 2.76 bits per heavy atom.